The molecular weight excluding hydrogens is 260 g/mol. The molecule has 1 aromatic rings. The minimum absolute atomic E-state index is 0. The summed E-state index contributed by atoms with van der Waals surface area (Å²) in [5, 5.41) is 24.5. The molecule has 1 rings (SSSR count). The van der Waals surface area contributed by atoms with Gasteiger partial charge >= 0.3 is 58.2 Å². The molecule has 5 heteroatoms. The van der Waals surface area contributed by atoms with E-state index in [1.807, 2.05) is 13.8 Å². The number of nitrogens with one attached hydrogen (secondary N) is 1. The van der Waals surface area contributed by atoms with Crippen molar-refractivity contribution in [1.82, 2.24) is 0 Å². The summed E-state index contributed by atoms with van der Waals surface area (Å²) in [5.41, 5.74) is 0. The Balaban J connectivity index is 0. The van der Waals surface area contributed by atoms with Gasteiger partial charge in [-0.25, -0.2) is 0 Å². The van der Waals surface area contributed by atoms with Crippen LogP contribution in [0.1, 0.15) is 13.8 Å². The second-order valence-electron chi connectivity index (χ2n) is 1.75. The van der Waals surface area contributed by atoms with Gasteiger partial charge in [0.2, 0.25) is 0 Å². The van der Waals surface area contributed by atoms with Gasteiger partial charge in [-0.05, 0) is 23.1 Å². The first-order chi connectivity index (χ1) is 5.74. The Morgan fingerprint density at radius 1 is 1.15 bits per heavy atom. The molecule has 0 fully saturated rings. The maximum atomic E-state index is 8.88. The van der Waals surface area contributed by atoms with Gasteiger partial charge < -0.3 is 15.4 Å². The normalized spacial score (nSPS) is 7.92. The van der Waals surface area contributed by atoms with Gasteiger partial charge in [-0.15, -0.1) is 0 Å². The van der Waals surface area contributed by atoms with Crippen LogP contribution in [0, 0.1) is 0 Å². The van der Waals surface area contributed by atoms with E-state index in [1.54, 1.807) is 6.07 Å². The zero-order valence-electron chi connectivity index (χ0n) is 8.03. The van der Waals surface area contributed by atoms with Crippen molar-refractivity contribution in [3.63, 3.8) is 0 Å². The Labute approximate surface area is 132 Å². The van der Waals surface area contributed by atoms with Crippen LogP contribution in [-0.2, 0) is 0 Å². The molecule has 0 aromatic heterocycles. The van der Waals surface area contributed by atoms with Gasteiger partial charge in [0.05, 0.1) is 0 Å². The number of rotatable bonds is 1. The van der Waals surface area contributed by atoms with Crippen LogP contribution in [-0.4, -0.2) is 10.2 Å². The number of hydrogen-bond acceptors (Lipinski definition) is 3. The molecule has 1 aromatic carbocycles. The number of hydrogen-bond donors (Lipinski definition) is 2. The third-order valence-electron chi connectivity index (χ3n) is 1.06. The fourth-order valence-corrected chi connectivity index (χ4v) is 0.873. The minimum Gasteiger partial charge on any atom is -0.617 e. The Kier molecular flexibility index (Phi) is 11.9. The van der Waals surface area contributed by atoms with E-state index < -0.39 is 0 Å². The molecule has 0 spiro atoms. The van der Waals surface area contributed by atoms with Crippen molar-refractivity contribution in [3.05, 3.63) is 23.3 Å². The largest absolute Gasteiger partial charge is 1.00 e. The molecule has 3 N–H and O–H groups in total. The second-order valence-corrected chi connectivity index (χ2v) is 2.43. The van der Waals surface area contributed by atoms with E-state index in [0.717, 1.165) is 11.9 Å². The van der Waals surface area contributed by atoms with Gasteiger partial charge in [-0.1, -0.05) is 13.8 Å². The third kappa shape index (κ3) is 6.09. The van der Waals surface area contributed by atoms with Crippen LogP contribution in [0.25, 0.3) is 5.14 Å². The van der Waals surface area contributed by atoms with Gasteiger partial charge in [0.25, 0.3) is 0 Å². The molecule has 3 nitrogen and oxygen atoms in total. The van der Waals surface area contributed by atoms with E-state index >= 15 is 0 Å². The average Bonchev–Trinajstić information content (AvgIpc) is 2.13. The van der Waals surface area contributed by atoms with E-state index in [1.165, 1.54) is 12.1 Å². The smallest absolute Gasteiger partial charge is 0.617 e. The minimum atomic E-state index is -0.183. The fraction of sp³-hybridized carbons (Fsp3) is 0.250. The second kappa shape index (κ2) is 9.49. The van der Waals surface area contributed by atoms with Gasteiger partial charge in [0, 0.05) is 0 Å². The first-order valence-electron chi connectivity index (χ1n) is 3.59. The zero-order valence-corrected chi connectivity index (χ0v) is 13.8. The van der Waals surface area contributed by atoms with E-state index in [-0.39, 0.29) is 69.7 Å². The topological polar surface area (TPSA) is 64.3 Å². The summed E-state index contributed by atoms with van der Waals surface area (Å²) in [7, 11) is 0. The van der Waals surface area contributed by atoms with Gasteiger partial charge in [0.15, 0.2) is 11.5 Å². The predicted octanol–water partition coefficient (Wildman–Crippen LogP) is 0.187. The van der Waals surface area contributed by atoms with Crippen LogP contribution in [0.3, 0.4) is 0 Å². The third-order valence-corrected chi connectivity index (χ3v) is 1.55. The number of benzene rings is 1. The van der Waals surface area contributed by atoms with Crippen LogP contribution >= 0.6 is 11.9 Å². The van der Waals surface area contributed by atoms with Crippen molar-refractivity contribution in [3.8, 4) is 11.5 Å². The Morgan fingerprint density at radius 3 is 2.08 bits per heavy atom. The first kappa shape index (κ1) is 16.4. The number of aromatic hydroxyl groups is 2. The van der Waals surface area contributed by atoms with Gasteiger partial charge in [-0.3, -0.25) is 11.9 Å². The Bertz CT molecular complexity index is 246. The standard InChI is InChI=1S/C6H6NO2S.C2H6.Rb/c7-10-4-1-2-5(8)6(9)3-4;1-2;/h1-3,7-9H;1-2H3;/q-1;;+1. The Morgan fingerprint density at radius 2 is 1.69 bits per heavy atom. The average molecular weight is 272 g/mol. The van der Waals surface area contributed by atoms with Crippen molar-refractivity contribution in [2.75, 3.05) is 0 Å². The summed E-state index contributed by atoms with van der Waals surface area (Å²) in [6.45, 7) is 4.00. The summed E-state index contributed by atoms with van der Waals surface area (Å²) < 4.78 is 0. The SMILES string of the molecule is CC.[NH-]Sc1ccc(O)c(O)c1.[Rb+]. The molecule has 13 heavy (non-hydrogen) atoms. The van der Waals surface area contributed by atoms with Crippen LogP contribution in [0.15, 0.2) is 23.1 Å². The molecule has 0 heterocycles. The quantitative estimate of drug-likeness (QED) is 0.566. The van der Waals surface area contributed by atoms with E-state index in [0.29, 0.717) is 4.90 Å². The molecule has 0 saturated heterocycles. The molecule has 0 aliphatic heterocycles. The number of phenols is 2. The molecule has 0 atom stereocenters. The summed E-state index contributed by atoms with van der Waals surface area (Å²) in [6, 6.07) is 4.26. The Hall–Kier alpha value is 0.935. The molecule has 0 aliphatic carbocycles. The van der Waals surface area contributed by atoms with Crippen molar-refractivity contribution in [2.24, 2.45) is 0 Å². The summed E-state index contributed by atoms with van der Waals surface area (Å²) >= 11 is 0.771. The first-order valence-corrected chi connectivity index (χ1v) is 4.41. The van der Waals surface area contributed by atoms with Crippen molar-refractivity contribution < 1.29 is 68.4 Å². The molecule has 0 unspecified atom stereocenters. The summed E-state index contributed by atoms with van der Waals surface area (Å²) in [4.78, 5) is 0.607. The van der Waals surface area contributed by atoms with Gasteiger partial charge in [0.1, 0.15) is 0 Å². The van der Waals surface area contributed by atoms with Crippen molar-refractivity contribution in [2.45, 2.75) is 18.7 Å². The molecule has 0 saturated carbocycles. The van der Waals surface area contributed by atoms with Crippen molar-refractivity contribution >= 4 is 11.9 Å². The van der Waals surface area contributed by atoms with Crippen LogP contribution < -0.4 is 58.2 Å². The van der Waals surface area contributed by atoms with E-state index in [4.69, 9.17) is 15.4 Å². The molecule has 0 radical (unpaired) electrons. The van der Waals surface area contributed by atoms with Crippen molar-refractivity contribution in [1.29, 1.82) is 0 Å². The van der Waals surface area contributed by atoms with Crippen LogP contribution in [0.2, 0.25) is 0 Å². The fourth-order valence-electron chi connectivity index (χ4n) is 0.567. The molecule has 68 valence electrons. The van der Waals surface area contributed by atoms with E-state index in [9.17, 15) is 0 Å². The monoisotopic (exact) mass is 271 g/mol. The van der Waals surface area contributed by atoms with E-state index in [2.05, 4.69) is 0 Å². The maximum absolute atomic E-state index is 8.88. The predicted molar refractivity (Wildman–Crippen MR) is 51.3 cm³/mol. The summed E-state index contributed by atoms with van der Waals surface area (Å²) in [6.07, 6.45) is 0. The maximum Gasteiger partial charge on any atom is 1.00 e. The van der Waals surface area contributed by atoms with Crippen LogP contribution in [0.4, 0.5) is 0 Å². The van der Waals surface area contributed by atoms with Gasteiger partial charge in [-0.2, -0.15) is 0 Å². The molecule has 0 aliphatic rings. The zero-order chi connectivity index (χ0) is 9.56. The molecular formula is C8H12NO2RbS. The number of phenolic OH excluding ortho intramolecular Hbond substituents is 2. The summed E-state index contributed by atoms with van der Waals surface area (Å²) in [5.74, 6) is -0.338. The molecule has 0 amide bonds. The molecule has 0 bridgehead atoms. The van der Waals surface area contributed by atoms with Crippen LogP contribution in [0.5, 0.6) is 11.5 Å².